The van der Waals surface area contributed by atoms with Crippen molar-refractivity contribution in [3.8, 4) is 5.75 Å². The predicted octanol–water partition coefficient (Wildman–Crippen LogP) is 1.52. The number of carbonyl (C=O) groups is 1. The molecular weight excluding hydrogens is 240 g/mol. The summed E-state index contributed by atoms with van der Waals surface area (Å²) in [5, 5.41) is 9.24. The molecule has 1 fully saturated rings. The van der Waals surface area contributed by atoms with Gasteiger partial charge in [0, 0.05) is 19.1 Å². The number of hydrogen-bond acceptors (Lipinski definition) is 3. The molecule has 1 aromatic carbocycles. The second-order valence-corrected chi connectivity index (χ2v) is 5.35. The lowest BCUT2D eigenvalue weighted by atomic mass is 9.90. The van der Waals surface area contributed by atoms with Gasteiger partial charge in [0.15, 0.2) is 0 Å². The third kappa shape index (κ3) is 3.26. The van der Waals surface area contributed by atoms with E-state index < -0.39 is 0 Å². The Morgan fingerprint density at radius 1 is 1.42 bits per heavy atom. The molecule has 2 rings (SSSR count). The molecule has 4 nitrogen and oxygen atoms in total. The summed E-state index contributed by atoms with van der Waals surface area (Å²) in [6.07, 6.45) is 2.58. The topological polar surface area (TPSA) is 66.6 Å². The molecule has 1 heterocycles. The van der Waals surface area contributed by atoms with Gasteiger partial charge in [-0.25, -0.2) is 0 Å². The van der Waals surface area contributed by atoms with Crippen LogP contribution in [0.4, 0.5) is 0 Å². The van der Waals surface area contributed by atoms with Gasteiger partial charge < -0.3 is 15.7 Å². The van der Waals surface area contributed by atoms with Gasteiger partial charge in [0.1, 0.15) is 5.75 Å². The maximum Gasteiger partial charge on any atom is 0.227 e. The van der Waals surface area contributed by atoms with E-state index in [0.29, 0.717) is 18.9 Å². The van der Waals surface area contributed by atoms with Crippen LogP contribution in [-0.4, -0.2) is 35.0 Å². The van der Waals surface area contributed by atoms with Gasteiger partial charge in [-0.1, -0.05) is 19.1 Å². The largest absolute Gasteiger partial charge is 0.508 e. The molecule has 0 spiro atoms. The Balaban J connectivity index is 2.04. The third-order valence-corrected chi connectivity index (χ3v) is 3.97. The number of nitrogens with two attached hydrogens (primary N) is 1. The van der Waals surface area contributed by atoms with E-state index in [1.165, 1.54) is 0 Å². The first-order valence-electron chi connectivity index (χ1n) is 6.89. The minimum Gasteiger partial charge on any atom is -0.508 e. The number of hydrogen-bond donors (Lipinski definition) is 2. The molecule has 1 aliphatic rings. The fourth-order valence-corrected chi connectivity index (χ4v) is 2.81. The highest BCUT2D eigenvalue weighted by molar-refractivity contribution is 5.79. The van der Waals surface area contributed by atoms with Crippen LogP contribution in [0, 0.1) is 5.92 Å². The van der Waals surface area contributed by atoms with Gasteiger partial charge >= 0.3 is 0 Å². The zero-order valence-corrected chi connectivity index (χ0v) is 11.4. The molecule has 19 heavy (non-hydrogen) atoms. The summed E-state index contributed by atoms with van der Waals surface area (Å²) in [5.41, 5.74) is 6.74. The van der Waals surface area contributed by atoms with Crippen LogP contribution >= 0.6 is 0 Å². The Labute approximate surface area is 114 Å². The molecule has 0 aliphatic carbocycles. The van der Waals surface area contributed by atoms with Crippen LogP contribution in [0.25, 0.3) is 0 Å². The number of benzene rings is 1. The number of nitrogens with zero attached hydrogens (tertiary/aromatic N) is 1. The fraction of sp³-hybridized carbons (Fsp3) is 0.533. The van der Waals surface area contributed by atoms with Crippen molar-refractivity contribution in [1.82, 2.24) is 4.90 Å². The first-order valence-corrected chi connectivity index (χ1v) is 6.89. The van der Waals surface area contributed by atoms with Crippen molar-refractivity contribution in [2.75, 3.05) is 13.1 Å². The number of phenols is 1. The summed E-state index contributed by atoms with van der Waals surface area (Å²) < 4.78 is 0. The number of phenolic OH excluding ortho intramolecular Hbond substituents is 1. The first kappa shape index (κ1) is 13.9. The molecule has 1 aliphatic heterocycles. The van der Waals surface area contributed by atoms with Crippen molar-refractivity contribution in [3.05, 3.63) is 29.8 Å². The molecule has 2 unspecified atom stereocenters. The first-order chi connectivity index (χ1) is 9.11. The molecule has 1 saturated heterocycles. The van der Waals surface area contributed by atoms with Gasteiger partial charge in [-0.2, -0.15) is 0 Å². The van der Waals surface area contributed by atoms with Crippen LogP contribution in [0.5, 0.6) is 5.75 Å². The van der Waals surface area contributed by atoms with Crippen LogP contribution in [-0.2, 0) is 11.2 Å². The molecule has 2 atom stereocenters. The maximum absolute atomic E-state index is 12.4. The average Bonchev–Trinajstić information content (AvgIpc) is 2.41. The normalized spacial score (nSPS) is 23.4. The molecule has 0 bridgehead atoms. The Morgan fingerprint density at radius 2 is 2.11 bits per heavy atom. The minimum atomic E-state index is 0.132. The summed E-state index contributed by atoms with van der Waals surface area (Å²) in [6, 6.07) is 6.97. The van der Waals surface area contributed by atoms with Gasteiger partial charge in [0.05, 0.1) is 6.42 Å². The second kappa shape index (κ2) is 6.06. The van der Waals surface area contributed by atoms with E-state index in [-0.39, 0.29) is 17.7 Å². The van der Waals surface area contributed by atoms with Crippen molar-refractivity contribution in [3.63, 3.8) is 0 Å². The van der Waals surface area contributed by atoms with Gasteiger partial charge in [-0.05, 0) is 36.5 Å². The summed E-state index contributed by atoms with van der Waals surface area (Å²) in [5.74, 6) is 0.831. The Morgan fingerprint density at radius 3 is 2.74 bits per heavy atom. The van der Waals surface area contributed by atoms with Gasteiger partial charge in [-0.3, -0.25) is 4.79 Å². The van der Waals surface area contributed by atoms with Crippen LogP contribution in [0.15, 0.2) is 24.3 Å². The third-order valence-electron chi connectivity index (χ3n) is 3.97. The molecule has 4 heteroatoms. The highest BCUT2D eigenvalue weighted by atomic mass is 16.3. The smallest absolute Gasteiger partial charge is 0.227 e. The number of carbonyl (C=O) groups excluding carboxylic acids is 1. The lowest BCUT2D eigenvalue weighted by Crippen LogP contribution is -2.51. The van der Waals surface area contributed by atoms with E-state index in [2.05, 4.69) is 6.92 Å². The summed E-state index contributed by atoms with van der Waals surface area (Å²) in [6.45, 7) is 3.50. The van der Waals surface area contributed by atoms with Crippen molar-refractivity contribution < 1.29 is 9.90 Å². The summed E-state index contributed by atoms with van der Waals surface area (Å²) in [7, 11) is 0. The standard InChI is InChI=1S/C15H22N2O2/c1-11-3-2-8-17(14(11)10-16)15(19)9-12-4-6-13(18)7-5-12/h4-7,11,14,18H,2-3,8-10,16H2,1H3. The second-order valence-electron chi connectivity index (χ2n) is 5.35. The van der Waals surface area contributed by atoms with E-state index in [4.69, 9.17) is 5.73 Å². The monoisotopic (exact) mass is 262 g/mol. The van der Waals surface area contributed by atoms with Crippen molar-refractivity contribution in [1.29, 1.82) is 0 Å². The van der Waals surface area contributed by atoms with E-state index in [1.54, 1.807) is 24.3 Å². The molecule has 3 N–H and O–H groups in total. The fourth-order valence-electron chi connectivity index (χ4n) is 2.81. The zero-order valence-electron chi connectivity index (χ0n) is 11.4. The predicted molar refractivity (Wildman–Crippen MR) is 74.8 cm³/mol. The van der Waals surface area contributed by atoms with Gasteiger partial charge in [-0.15, -0.1) is 0 Å². The van der Waals surface area contributed by atoms with Crippen LogP contribution in [0.2, 0.25) is 0 Å². The number of likely N-dealkylation sites (tertiary alicyclic amines) is 1. The quantitative estimate of drug-likeness (QED) is 0.868. The molecule has 0 radical (unpaired) electrons. The van der Waals surface area contributed by atoms with Crippen LogP contribution < -0.4 is 5.73 Å². The Hall–Kier alpha value is -1.55. The number of piperidine rings is 1. The Kier molecular flexibility index (Phi) is 4.43. The molecule has 1 amide bonds. The van der Waals surface area contributed by atoms with Crippen molar-refractivity contribution in [2.24, 2.45) is 11.7 Å². The van der Waals surface area contributed by atoms with Crippen molar-refractivity contribution in [2.45, 2.75) is 32.2 Å². The lowest BCUT2D eigenvalue weighted by molar-refractivity contribution is -0.135. The zero-order chi connectivity index (χ0) is 13.8. The highest BCUT2D eigenvalue weighted by Crippen LogP contribution is 2.23. The van der Waals surface area contributed by atoms with Gasteiger partial charge in [0.2, 0.25) is 5.91 Å². The van der Waals surface area contributed by atoms with Crippen molar-refractivity contribution >= 4 is 5.91 Å². The summed E-state index contributed by atoms with van der Waals surface area (Å²) in [4.78, 5) is 14.3. The van der Waals surface area contributed by atoms with Crippen LogP contribution in [0.3, 0.4) is 0 Å². The van der Waals surface area contributed by atoms with E-state index in [1.807, 2.05) is 4.90 Å². The van der Waals surface area contributed by atoms with Crippen LogP contribution in [0.1, 0.15) is 25.3 Å². The molecule has 0 saturated carbocycles. The highest BCUT2D eigenvalue weighted by Gasteiger charge is 2.30. The number of rotatable bonds is 3. The lowest BCUT2D eigenvalue weighted by Gasteiger charge is -2.39. The molecule has 104 valence electrons. The van der Waals surface area contributed by atoms with E-state index >= 15 is 0 Å². The average molecular weight is 262 g/mol. The SMILES string of the molecule is CC1CCCN(C(=O)Cc2ccc(O)cc2)C1CN. The molecule has 1 aromatic rings. The number of amides is 1. The Bertz CT molecular complexity index is 430. The van der Waals surface area contributed by atoms with E-state index in [9.17, 15) is 9.90 Å². The summed E-state index contributed by atoms with van der Waals surface area (Å²) >= 11 is 0. The molecular formula is C15H22N2O2. The molecule has 0 aromatic heterocycles. The number of aromatic hydroxyl groups is 1. The maximum atomic E-state index is 12.4. The van der Waals surface area contributed by atoms with E-state index in [0.717, 1.165) is 24.9 Å². The van der Waals surface area contributed by atoms with Gasteiger partial charge in [0.25, 0.3) is 0 Å². The minimum absolute atomic E-state index is 0.132.